The normalized spacial score (nSPS) is 10.6. The van der Waals surface area contributed by atoms with Crippen LogP contribution in [0.15, 0.2) is 34.9 Å². The fourth-order valence-corrected chi connectivity index (χ4v) is 1.43. The Morgan fingerprint density at radius 3 is 2.81 bits per heavy atom. The highest BCUT2D eigenvalue weighted by Gasteiger charge is 2.06. The van der Waals surface area contributed by atoms with Crippen molar-refractivity contribution < 1.29 is 4.52 Å². The van der Waals surface area contributed by atoms with Crippen molar-refractivity contribution >= 4 is 0 Å². The molecule has 0 spiro atoms. The number of aromatic nitrogens is 2. The molecule has 0 atom stereocenters. The van der Waals surface area contributed by atoms with Gasteiger partial charge in [-0.1, -0.05) is 42.4 Å². The van der Waals surface area contributed by atoms with Gasteiger partial charge in [0.1, 0.15) is 0 Å². The molecule has 1 aromatic heterocycles. The minimum Gasteiger partial charge on any atom is -0.339 e. The van der Waals surface area contributed by atoms with Crippen molar-refractivity contribution in [2.45, 2.75) is 13.3 Å². The summed E-state index contributed by atoms with van der Waals surface area (Å²) in [5, 5.41) is 7.17. The molecule has 0 aliphatic rings. The largest absolute Gasteiger partial charge is 0.339 e. The summed E-state index contributed by atoms with van der Waals surface area (Å²) in [5.74, 6) is 1.34. The van der Waals surface area contributed by atoms with Gasteiger partial charge in [-0.25, -0.2) is 0 Å². The van der Waals surface area contributed by atoms with E-state index in [4.69, 9.17) is 4.52 Å². The van der Waals surface area contributed by atoms with Gasteiger partial charge in [0.15, 0.2) is 0 Å². The van der Waals surface area contributed by atoms with Gasteiger partial charge in [0, 0.05) is 18.5 Å². The molecule has 0 aliphatic carbocycles. The first kappa shape index (κ1) is 10.8. The van der Waals surface area contributed by atoms with Crippen LogP contribution in [-0.4, -0.2) is 23.2 Å². The van der Waals surface area contributed by atoms with Crippen LogP contribution in [0.1, 0.15) is 12.8 Å². The highest BCUT2D eigenvalue weighted by atomic mass is 16.5. The molecule has 0 fully saturated rings. The molecule has 2 rings (SSSR count). The van der Waals surface area contributed by atoms with Gasteiger partial charge in [0.2, 0.25) is 11.7 Å². The van der Waals surface area contributed by atoms with E-state index in [9.17, 15) is 0 Å². The van der Waals surface area contributed by atoms with Crippen LogP contribution in [0.4, 0.5) is 0 Å². The Kier molecular flexibility index (Phi) is 3.66. The average Bonchev–Trinajstić information content (AvgIpc) is 2.79. The molecule has 0 saturated carbocycles. The van der Waals surface area contributed by atoms with Crippen molar-refractivity contribution in [1.82, 2.24) is 15.5 Å². The molecule has 1 N–H and O–H groups in total. The van der Waals surface area contributed by atoms with Crippen LogP contribution in [0.5, 0.6) is 0 Å². The third-order valence-corrected chi connectivity index (χ3v) is 2.27. The van der Waals surface area contributed by atoms with E-state index in [1.54, 1.807) is 0 Å². The first-order valence-corrected chi connectivity index (χ1v) is 5.49. The molecule has 16 heavy (non-hydrogen) atoms. The maximum atomic E-state index is 5.16. The maximum absolute atomic E-state index is 5.16. The number of hydrogen-bond acceptors (Lipinski definition) is 4. The molecule has 1 heterocycles. The Morgan fingerprint density at radius 1 is 1.25 bits per heavy atom. The van der Waals surface area contributed by atoms with Gasteiger partial charge in [-0.2, -0.15) is 4.98 Å². The molecular formula is C12H15N3O. The third-order valence-electron chi connectivity index (χ3n) is 2.27. The third kappa shape index (κ3) is 2.67. The first-order chi connectivity index (χ1) is 7.90. The number of likely N-dealkylation sites (N-methyl/N-ethyl adjacent to an activating group) is 1. The van der Waals surface area contributed by atoms with Gasteiger partial charge in [0.25, 0.3) is 0 Å². The van der Waals surface area contributed by atoms with E-state index >= 15 is 0 Å². The van der Waals surface area contributed by atoms with E-state index < -0.39 is 0 Å². The molecule has 0 aliphatic heterocycles. The minimum absolute atomic E-state index is 0.659. The molecule has 2 aromatic rings. The molecule has 1 aromatic carbocycles. The zero-order valence-corrected chi connectivity index (χ0v) is 9.31. The second-order valence-electron chi connectivity index (χ2n) is 3.48. The van der Waals surface area contributed by atoms with Crippen LogP contribution in [0.2, 0.25) is 0 Å². The highest BCUT2D eigenvalue weighted by Crippen LogP contribution is 2.14. The van der Waals surface area contributed by atoms with Gasteiger partial charge in [0.05, 0.1) is 0 Å². The summed E-state index contributed by atoms with van der Waals surface area (Å²) in [6.07, 6.45) is 0.772. The van der Waals surface area contributed by atoms with Crippen LogP contribution in [0, 0.1) is 0 Å². The molecular weight excluding hydrogens is 202 g/mol. The lowest BCUT2D eigenvalue weighted by Gasteiger charge is -1.95. The Labute approximate surface area is 94.7 Å². The number of nitrogens with one attached hydrogen (secondary N) is 1. The summed E-state index contributed by atoms with van der Waals surface area (Å²) in [6.45, 7) is 3.90. The predicted molar refractivity (Wildman–Crippen MR) is 62.0 cm³/mol. The summed E-state index contributed by atoms with van der Waals surface area (Å²) >= 11 is 0. The molecule has 84 valence electrons. The Morgan fingerprint density at radius 2 is 2.06 bits per heavy atom. The number of rotatable bonds is 5. The zero-order valence-electron chi connectivity index (χ0n) is 9.31. The predicted octanol–water partition coefficient (Wildman–Crippen LogP) is 1.89. The topological polar surface area (TPSA) is 51.0 Å². The van der Waals surface area contributed by atoms with E-state index in [0.29, 0.717) is 11.7 Å². The van der Waals surface area contributed by atoms with Gasteiger partial charge in [-0.15, -0.1) is 0 Å². The maximum Gasteiger partial charge on any atom is 0.228 e. The van der Waals surface area contributed by atoms with E-state index in [1.807, 2.05) is 30.3 Å². The fraction of sp³-hybridized carbons (Fsp3) is 0.333. The van der Waals surface area contributed by atoms with Gasteiger partial charge < -0.3 is 9.84 Å². The second-order valence-corrected chi connectivity index (χ2v) is 3.48. The SMILES string of the molecule is CCNCCc1nc(-c2ccccc2)no1. The number of hydrogen-bond donors (Lipinski definition) is 1. The molecule has 0 amide bonds. The Bertz CT molecular complexity index is 425. The van der Waals surface area contributed by atoms with Gasteiger partial charge >= 0.3 is 0 Å². The van der Waals surface area contributed by atoms with Gasteiger partial charge in [-0.3, -0.25) is 0 Å². The summed E-state index contributed by atoms with van der Waals surface area (Å²) in [5.41, 5.74) is 0.987. The standard InChI is InChI=1S/C12H15N3O/c1-2-13-9-8-11-14-12(15-16-11)10-6-4-3-5-7-10/h3-7,13H,2,8-9H2,1H3. The van der Waals surface area contributed by atoms with E-state index in [2.05, 4.69) is 22.4 Å². The smallest absolute Gasteiger partial charge is 0.228 e. The van der Waals surface area contributed by atoms with Crippen LogP contribution < -0.4 is 5.32 Å². The molecule has 0 saturated heterocycles. The van der Waals surface area contributed by atoms with Crippen LogP contribution in [0.3, 0.4) is 0 Å². The molecule has 4 heteroatoms. The second kappa shape index (κ2) is 5.42. The van der Waals surface area contributed by atoms with Crippen molar-refractivity contribution in [3.05, 3.63) is 36.2 Å². The van der Waals surface area contributed by atoms with Crippen molar-refractivity contribution in [3.63, 3.8) is 0 Å². The molecule has 4 nitrogen and oxygen atoms in total. The van der Waals surface area contributed by atoms with E-state index in [0.717, 1.165) is 25.1 Å². The zero-order chi connectivity index (χ0) is 11.2. The molecule has 0 radical (unpaired) electrons. The fourth-order valence-electron chi connectivity index (χ4n) is 1.43. The lowest BCUT2D eigenvalue weighted by molar-refractivity contribution is 0.377. The van der Waals surface area contributed by atoms with E-state index in [-0.39, 0.29) is 0 Å². The summed E-state index contributed by atoms with van der Waals surface area (Å²) < 4.78 is 5.16. The highest BCUT2D eigenvalue weighted by molar-refractivity contribution is 5.53. The average molecular weight is 217 g/mol. The quantitative estimate of drug-likeness (QED) is 0.777. The van der Waals surface area contributed by atoms with Crippen molar-refractivity contribution in [2.24, 2.45) is 0 Å². The van der Waals surface area contributed by atoms with E-state index in [1.165, 1.54) is 0 Å². The monoisotopic (exact) mass is 217 g/mol. The lowest BCUT2D eigenvalue weighted by atomic mass is 10.2. The number of benzene rings is 1. The lowest BCUT2D eigenvalue weighted by Crippen LogP contribution is -2.16. The van der Waals surface area contributed by atoms with Crippen LogP contribution in [-0.2, 0) is 6.42 Å². The summed E-state index contributed by atoms with van der Waals surface area (Å²) in [7, 11) is 0. The van der Waals surface area contributed by atoms with Crippen molar-refractivity contribution in [1.29, 1.82) is 0 Å². The molecule has 0 unspecified atom stereocenters. The first-order valence-electron chi connectivity index (χ1n) is 5.49. The molecule has 0 bridgehead atoms. The van der Waals surface area contributed by atoms with Crippen LogP contribution >= 0.6 is 0 Å². The van der Waals surface area contributed by atoms with Crippen molar-refractivity contribution in [3.8, 4) is 11.4 Å². The summed E-state index contributed by atoms with van der Waals surface area (Å²) in [6, 6.07) is 9.83. The number of nitrogens with zero attached hydrogens (tertiary/aromatic N) is 2. The van der Waals surface area contributed by atoms with Crippen molar-refractivity contribution in [2.75, 3.05) is 13.1 Å². The van der Waals surface area contributed by atoms with Gasteiger partial charge in [-0.05, 0) is 6.54 Å². The minimum atomic E-state index is 0.659. The summed E-state index contributed by atoms with van der Waals surface area (Å²) in [4.78, 5) is 4.33. The Hall–Kier alpha value is -1.68. The van der Waals surface area contributed by atoms with Crippen LogP contribution in [0.25, 0.3) is 11.4 Å². The Balaban J connectivity index is 2.02.